The van der Waals surface area contributed by atoms with E-state index in [-0.39, 0.29) is 22.0 Å². The number of hydrogen-bond acceptors (Lipinski definition) is 7. The van der Waals surface area contributed by atoms with E-state index in [9.17, 15) is 9.59 Å². The molecular formula is C18H19ClN2O6. The molecule has 0 aliphatic rings. The Morgan fingerprint density at radius 2 is 1.74 bits per heavy atom. The Bertz CT molecular complexity index is 856. The first kappa shape index (κ1) is 20.2. The molecule has 2 aromatic rings. The molecular weight excluding hydrogens is 376 g/mol. The number of nitrogens with two attached hydrogens (primary N) is 1. The van der Waals surface area contributed by atoms with E-state index in [4.69, 9.17) is 36.3 Å². The van der Waals surface area contributed by atoms with Gasteiger partial charge in [0.2, 0.25) is 0 Å². The van der Waals surface area contributed by atoms with Crippen molar-refractivity contribution in [2.75, 3.05) is 39.0 Å². The molecule has 2 rings (SSSR count). The molecule has 3 N–H and O–H groups in total. The summed E-state index contributed by atoms with van der Waals surface area (Å²) in [4.78, 5) is 24.4. The van der Waals surface area contributed by atoms with Crippen molar-refractivity contribution in [3.63, 3.8) is 0 Å². The third kappa shape index (κ3) is 4.95. The second-order valence-corrected chi connectivity index (χ2v) is 5.67. The number of benzene rings is 2. The highest BCUT2D eigenvalue weighted by molar-refractivity contribution is 6.33. The molecule has 2 aromatic carbocycles. The fraction of sp³-hybridized carbons (Fsp3) is 0.222. The normalized spacial score (nSPS) is 10.1. The Kier molecular flexibility index (Phi) is 6.73. The lowest BCUT2D eigenvalue weighted by Crippen LogP contribution is -2.21. The summed E-state index contributed by atoms with van der Waals surface area (Å²) in [6.45, 7) is -0.523. The van der Waals surface area contributed by atoms with E-state index >= 15 is 0 Å². The molecule has 0 aromatic heterocycles. The van der Waals surface area contributed by atoms with Gasteiger partial charge in [-0.2, -0.15) is 0 Å². The summed E-state index contributed by atoms with van der Waals surface area (Å²) in [7, 11) is 4.34. The molecule has 0 saturated heterocycles. The minimum atomic E-state index is -0.776. The predicted molar refractivity (Wildman–Crippen MR) is 101 cm³/mol. The van der Waals surface area contributed by atoms with Crippen LogP contribution < -0.4 is 25.3 Å². The SMILES string of the molecule is COc1ccc(OC)c(NC(=O)COC(=O)c2cc(Cl)c(N)cc2OC)c1. The van der Waals surface area contributed by atoms with Crippen LogP contribution in [0.1, 0.15) is 10.4 Å². The number of nitrogen functional groups attached to an aromatic ring is 1. The molecule has 1 amide bonds. The predicted octanol–water partition coefficient (Wildman–Crippen LogP) is 2.74. The lowest BCUT2D eigenvalue weighted by molar-refractivity contribution is -0.119. The average Bonchev–Trinajstić information content (AvgIpc) is 2.67. The first-order valence-electron chi connectivity index (χ1n) is 7.71. The number of amides is 1. The number of carbonyl (C=O) groups excluding carboxylic acids is 2. The van der Waals surface area contributed by atoms with Gasteiger partial charge >= 0.3 is 5.97 Å². The first-order chi connectivity index (χ1) is 12.9. The third-order valence-corrected chi connectivity index (χ3v) is 3.88. The van der Waals surface area contributed by atoms with Crippen LogP contribution in [0.3, 0.4) is 0 Å². The highest BCUT2D eigenvalue weighted by Gasteiger charge is 2.18. The zero-order chi connectivity index (χ0) is 20.0. The van der Waals surface area contributed by atoms with Gasteiger partial charge in [0.15, 0.2) is 6.61 Å². The van der Waals surface area contributed by atoms with Crippen LogP contribution in [0.4, 0.5) is 11.4 Å². The number of nitrogens with one attached hydrogen (secondary N) is 1. The molecule has 27 heavy (non-hydrogen) atoms. The summed E-state index contributed by atoms with van der Waals surface area (Å²) in [5.41, 5.74) is 6.37. The smallest absolute Gasteiger partial charge is 0.342 e. The second-order valence-electron chi connectivity index (χ2n) is 5.26. The molecule has 0 radical (unpaired) electrons. The molecule has 0 aliphatic carbocycles. The Morgan fingerprint density at radius 3 is 2.37 bits per heavy atom. The lowest BCUT2D eigenvalue weighted by Gasteiger charge is -2.13. The van der Waals surface area contributed by atoms with Crippen LogP contribution in [0.5, 0.6) is 17.2 Å². The quantitative estimate of drug-likeness (QED) is 0.548. The zero-order valence-electron chi connectivity index (χ0n) is 15.0. The van der Waals surface area contributed by atoms with Gasteiger partial charge < -0.3 is 30.0 Å². The number of hydrogen-bond donors (Lipinski definition) is 2. The van der Waals surface area contributed by atoms with Gasteiger partial charge in [-0.1, -0.05) is 11.6 Å². The molecule has 0 fully saturated rings. The molecule has 0 atom stereocenters. The van der Waals surface area contributed by atoms with Crippen molar-refractivity contribution in [2.45, 2.75) is 0 Å². The number of halogens is 1. The topological polar surface area (TPSA) is 109 Å². The Morgan fingerprint density at radius 1 is 1.04 bits per heavy atom. The average molecular weight is 395 g/mol. The number of anilines is 2. The van der Waals surface area contributed by atoms with E-state index < -0.39 is 18.5 Å². The number of methoxy groups -OCH3 is 3. The minimum absolute atomic E-state index is 0.0588. The summed E-state index contributed by atoms with van der Waals surface area (Å²) in [5.74, 6) is -0.180. The highest BCUT2D eigenvalue weighted by Crippen LogP contribution is 2.30. The van der Waals surface area contributed by atoms with Crippen LogP contribution in [0.2, 0.25) is 5.02 Å². The maximum atomic E-state index is 12.2. The summed E-state index contributed by atoms with van der Waals surface area (Å²) >= 11 is 5.93. The van der Waals surface area contributed by atoms with E-state index in [0.717, 1.165) is 0 Å². The molecule has 0 unspecified atom stereocenters. The van der Waals surface area contributed by atoms with E-state index in [0.29, 0.717) is 17.2 Å². The molecule has 0 bridgehead atoms. The maximum Gasteiger partial charge on any atom is 0.342 e. The summed E-state index contributed by atoms with van der Waals surface area (Å²) < 4.78 is 20.4. The maximum absolute atomic E-state index is 12.2. The van der Waals surface area contributed by atoms with Gasteiger partial charge in [-0.05, 0) is 18.2 Å². The third-order valence-electron chi connectivity index (χ3n) is 3.55. The van der Waals surface area contributed by atoms with E-state index in [1.807, 2.05) is 0 Å². The molecule has 0 saturated carbocycles. The van der Waals surface area contributed by atoms with Gasteiger partial charge in [0.1, 0.15) is 22.8 Å². The van der Waals surface area contributed by atoms with Gasteiger partial charge in [0.25, 0.3) is 5.91 Å². The Labute approximate surface area is 161 Å². The summed E-state index contributed by atoms with van der Waals surface area (Å²) in [6, 6.07) is 7.63. The number of ether oxygens (including phenoxy) is 4. The van der Waals surface area contributed by atoms with Crippen molar-refractivity contribution in [2.24, 2.45) is 0 Å². The standard InChI is InChI=1S/C18H19ClN2O6/c1-24-10-4-5-15(25-2)14(6-10)21-17(22)9-27-18(23)11-7-12(19)13(20)8-16(11)26-3/h4-8H,9,20H2,1-3H3,(H,21,22). The Hall–Kier alpha value is -3.13. The van der Waals surface area contributed by atoms with Crippen LogP contribution in [-0.4, -0.2) is 39.8 Å². The first-order valence-corrected chi connectivity index (χ1v) is 8.09. The van der Waals surface area contributed by atoms with Gasteiger partial charge in [-0.25, -0.2) is 4.79 Å². The fourth-order valence-corrected chi connectivity index (χ4v) is 2.37. The van der Waals surface area contributed by atoms with Crippen molar-refractivity contribution < 1.29 is 28.5 Å². The van der Waals surface area contributed by atoms with Gasteiger partial charge in [-0.15, -0.1) is 0 Å². The van der Waals surface area contributed by atoms with Gasteiger partial charge in [0, 0.05) is 12.1 Å². The summed E-state index contributed by atoms with van der Waals surface area (Å²) in [6.07, 6.45) is 0. The number of carbonyl (C=O) groups is 2. The van der Waals surface area contributed by atoms with E-state index in [1.165, 1.54) is 33.5 Å². The zero-order valence-corrected chi connectivity index (χ0v) is 15.8. The molecule has 144 valence electrons. The molecule has 0 aliphatic heterocycles. The fourth-order valence-electron chi connectivity index (χ4n) is 2.20. The molecule has 9 heteroatoms. The largest absolute Gasteiger partial charge is 0.497 e. The van der Waals surface area contributed by atoms with E-state index in [2.05, 4.69) is 5.32 Å². The number of esters is 1. The van der Waals surface area contributed by atoms with Crippen molar-refractivity contribution >= 4 is 34.9 Å². The Balaban J connectivity index is 2.06. The minimum Gasteiger partial charge on any atom is -0.497 e. The monoisotopic (exact) mass is 394 g/mol. The van der Waals surface area contributed by atoms with Crippen LogP contribution in [-0.2, 0) is 9.53 Å². The van der Waals surface area contributed by atoms with Crippen LogP contribution in [0.25, 0.3) is 0 Å². The van der Waals surface area contributed by atoms with Crippen LogP contribution in [0.15, 0.2) is 30.3 Å². The van der Waals surface area contributed by atoms with Crippen LogP contribution in [0, 0.1) is 0 Å². The van der Waals surface area contributed by atoms with Crippen LogP contribution >= 0.6 is 11.6 Å². The summed E-state index contributed by atoms with van der Waals surface area (Å²) in [5, 5.41) is 2.77. The second kappa shape index (κ2) is 9.00. The number of rotatable bonds is 7. The molecule has 0 heterocycles. The van der Waals surface area contributed by atoms with Crippen molar-refractivity contribution in [1.29, 1.82) is 0 Å². The highest BCUT2D eigenvalue weighted by atomic mass is 35.5. The molecule has 0 spiro atoms. The van der Waals surface area contributed by atoms with E-state index in [1.54, 1.807) is 18.2 Å². The van der Waals surface area contributed by atoms with Crippen molar-refractivity contribution in [1.82, 2.24) is 0 Å². The van der Waals surface area contributed by atoms with Crippen molar-refractivity contribution in [3.05, 3.63) is 40.9 Å². The van der Waals surface area contributed by atoms with Gasteiger partial charge in [0.05, 0.1) is 37.7 Å². The lowest BCUT2D eigenvalue weighted by atomic mass is 10.2. The van der Waals surface area contributed by atoms with Crippen molar-refractivity contribution in [3.8, 4) is 17.2 Å². The van der Waals surface area contributed by atoms with Gasteiger partial charge in [-0.3, -0.25) is 4.79 Å². The molecule has 8 nitrogen and oxygen atoms in total.